The Kier molecular flexibility index (Phi) is 2.58. The summed E-state index contributed by atoms with van der Waals surface area (Å²) in [6.45, 7) is 2.25. The van der Waals surface area contributed by atoms with Crippen molar-refractivity contribution in [3.05, 3.63) is 35.4 Å². The van der Waals surface area contributed by atoms with Crippen LogP contribution < -0.4 is 5.32 Å². The molecule has 3 nitrogen and oxygen atoms in total. The Bertz CT molecular complexity index is 500. The molecule has 0 radical (unpaired) electrons. The first-order valence-electron chi connectivity index (χ1n) is 5.65. The Hall–Kier alpha value is -1.06. The third kappa shape index (κ3) is 1.81. The van der Waals surface area contributed by atoms with E-state index >= 15 is 0 Å². The Morgan fingerprint density at radius 3 is 3.31 bits per heavy atom. The zero-order valence-electron chi connectivity index (χ0n) is 8.99. The van der Waals surface area contributed by atoms with Crippen molar-refractivity contribution in [2.24, 2.45) is 5.92 Å². The Morgan fingerprint density at radius 2 is 2.50 bits per heavy atom. The molecule has 1 atom stereocenters. The molecule has 1 N–H and O–H groups in total. The van der Waals surface area contributed by atoms with E-state index in [1.807, 2.05) is 24.5 Å². The summed E-state index contributed by atoms with van der Waals surface area (Å²) in [6, 6.07) is 3.86. The van der Waals surface area contributed by atoms with E-state index in [9.17, 15) is 0 Å². The van der Waals surface area contributed by atoms with Crippen molar-refractivity contribution in [1.29, 1.82) is 0 Å². The van der Waals surface area contributed by atoms with Gasteiger partial charge in [0.25, 0.3) is 0 Å². The molecule has 1 aliphatic rings. The number of hydrogen-bond acceptors (Lipinski definition) is 2. The van der Waals surface area contributed by atoms with Crippen LogP contribution in [-0.2, 0) is 6.42 Å². The first-order chi connectivity index (χ1) is 7.83. The molecular weight excluding hydrogens is 222 g/mol. The van der Waals surface area contributed by atoms with Gasteiger partial charge < -0.3 is 9.72 Å². The number of nitrogens with zero attached hydrogens (tertiary/aromatic N) is 2. The van der Waals surface area contributed by atoms with Crippen molar-refractivity contribution < 1.29 is 0 Å². The van der Waals surface area contributed by atoms with Crippen LogP contribution in [0, 0.1) is 5.92 Å². The van der Waals surface area contributed by atoms with E-state index in [0.717, 1.165) is 41.8 Å². The van der Waals surface area contributed by atoms with Crippen molar-refractivity contribution in [2.75, 3.05) is 13.1 Å². The van der Waals surface area contributed by atoms with E-state index in [0.29, 0.717) is 0 Å². The fourth-order valence-corrected chi connectivity index (χ4v) is 2.49. The van der Waals surface area contributed by atoms with Crippen molar-refractivity contribution in [2.45, 2.75) is 12.8 Å². The standard InChI is InChI=1S/C12H14ClN3/c13-10-2-4-16-11(6-10)8-15-12(16)5-9-1-3-14-7-9/h2,4,6,8-9,14H,1,3,5,7H2. The minimum atomic E-state index is 0.723. The van der Waals surface area contributed by atoms with Crippen LogP contribution in [0.4, 0.5) is 0 Å². The van der Waals surface area contributed by atoms with Gasteiger partial charge in [-0.15, -0.1) is 0 Å². The average Bonchev–Trinajstić information content (AvgIpc) is 2.89. The van der Waals surface area contributed by atoms with E-state index in [2.05, 4.69) is 14.7 Å². The van der Waals surface area contributed by atoms with Crippen LogP contribution in [0.5, 0.6) is 0 Å². The summed E-state index contributed by atoms with van der Waals surface area (Å²) in [7, 11) is 0. The molecule has 3 rings (SSSR count). The lowest BCUT2D eigenvalue weighted by atomic mass is 10.1. The molecule has 0 aromatic carbocycles. The average molecular weight is 236 g/mol. The van der Waals surface area contributed by atoms with Crippen molar-refractivity contribution in [3.8, 4) is 0 Å². The Morgan fingerprint density at radius 1 is 1.56 bits per heavy atom. The van der Waals surface area contributed by atoms with Gasteiger partial charge in [0, 0.05) is 17.6 Å². The van der Waals surface area contributed by atoms with Gasteiger partial charge in [-0.1, -0.05) is 11.6 Å². The summed E-state index contributed by atoms with van der Waals surface area (Å²) < 4.78 is 2.13. The van der Waals surface area contributed by atoms with Gasteiger partial charge in [-0.2, -0.15) is 0 Å². The molecule has 2 aromatic rings. The highest BCUT2D eigenvalue weighted by atomic mass is 35.5. The molecule has 1 aliphatic heterocycles. The number of aromatic nitrogens is 2. The number of pyridine rings is 1. The van der Waals surface area contributed by atoms with Gasteiger partial charge in [-0.3, -0.25) is 0 Å². The predicted molar refractivity (Wildman–Crippen MR) is 64.9 cm³/mol. The second-order valence-electron chi connectivity index (χ2n) is 4.38. The van der Waals surface area contributed by atoms with Gasteiger partial charge in [0.15, 0.2) is 0 Å². The van der Waals surface area contributed by atoms with Crippen LogP contribution in [0.2, 0.25) is 5.02 Å². The van der Waals surface area contributed by atoms with E-state index < -0.39 is 0 Å². The molecule has 84 valence electrons. The van der Waals surface area contributed by atoms with Crippen LogP contribution in [0.15, 0.2) is 24.5 Å². The van der Waals surface area contributed by atoms with E-state index in [1.54, 1.807) is 0 Å². The lowest BCUT2D eigenvalue weighted by Gasteiger charge is -2.07. The minimum absolute atomic E-state index is 0.723. The molecule has 0 bridgehead atoms. The Labute approximate surface area is 99.4 Å². The summed E-state index contributed by atoms with van der Waals surface area (Å²) >= 11 is 5.95. The molecule has 0 spiro atoms. The van der Waals surface area contributed by atoms with Crippen molar-refractivity contribution >= 4 is 17.1 Å². The maximum Gasteiger partial charge on any atom is 0.113 e. The number of nitrogens with one attached hydrogen (secondary N) is 1. The normalized spacial score (nSPS) is 20.7. The first-order valence-corrected chi connectivity index (χ1v) is 6.03. The van der Waals surface area contributed by atoms with Gasteiger partial charge in [0.2, 0.25) is 0 Å². The third-order valence-electron chi connectivity index (χ3n) is 3.20. The highest BCUT2D eigenvalue weighted by molar-refractivity contribution is 6.30. The summed E-state index contributed by atoms with van der Waals surface area (Å²) in [4.78, 5) is 4.48. The quantitative estimate of drug-likeness (QED) is 0.864. The van der Waals surface area contributed by atoms with Crippen LogP contribution in [-0.4, -0.2) is 22.5 Å². The number of hydrogen-bond donors (Lipinski definition) is 1. The van der Waals surface area contributed by atoms with Gasteiger partial charge in [-0.25, -0.2) is 4.98 Å². The lowest BCUT2D eigenvalue weighted by Crippen LogP contribution is -2.12. The molecule has 3 heterocycles. The number of rotatable bonds is 2. The number of halogens is 1. The first kappa shape index (κ1) is 10.1. The number of imidazole rings is 1. The van der Waals surface area contributed by atoms with E-state index in [1.165, 1.54) is 6.42 Å². The second-order valence-corrected chi connectivity index (χ2v) is 4.81. The summed E-state index contributed by atoms with van der Waals surface area (Å²) in [5, 5.41) is 4.15. The second kappa shape index (κ2) is 4.07. The van der Waals surface area contributed by atoms with Gasteiger partial charge in [-0.05, 0) is 37.6 Å². The largest absolute Gasteiger partial charge is 0.316 e. The van der Waals surface area contributed by atoms with Crippen molar-refractivity contribution in [3.63, 3.8) is 0 Å². The highest BCUT2D eigenvalue weighted by Crippen LogP contribution is 2.18. The summed E-state index contributed by atoms with van der Waals surface area (Å²) in [5.41, 5.74) is 1.08. The zero-order valence-corrected chi connectivity index (χ0v) is 9.74. The molecular formula is C12H14ClN3. The van der Waals surface area contributed by atoms with Crippen LogP contribution in [0.25, 0.3) is 5.52 Å². The monoisotopic (exact) mass is 235 g/mol. The van der Waals surface area contributed by atoms with Gasteiger partial charge in [0.1, 0.15) is 5.82 Å². The van der Waals surface area contributed by atoms with E-state index in [4.69, 9.17) is 11.6 Å². The lowest BCUT2D eigenvalue weighted by molar-refractivity contribution is 0.560. The minimum Gasteiger partial charge on any atom is -0.316 e. The molecule has 16 heavy (non-hydrogen) atoms. The van der Waals surface area contributed by atoms with Crippen molar-refractivity contribution in [1.82, 2.24) is 14.7 Å². The topological polar surface area (TPSA) is 29.3 Å². The molecule has 1 fully saturated rings. The number of fused-ring (bicyclic) bond motifs is 1. The van der Waals surface area contributed by atoms with Crippen LogP contribution in [0.3, 0.4) is 0 Å². The molecule has 0 aliphatic carbocycles. The molecule has 0 saturated carbocycles. The fourth-order valence-electron chi connectivity index (χ4n) is 2.33. The van der Waals surface area contributed by atoms with Gasteiger partial charge in [0.05, 0.1) is 11.7 Å². The maximum atomic E-state index is 5.95. The highest BCUT2D eigenvalue weighted by Gasteiger charge is 2.17. The SMILES string of the molecule is Clc1ccn2c(CC3CCNC3)ncc2c1. The molecule has 2 aromatic heterocycles. The fraction of sp³-hybridized carbons (Fsp3) is 0.417. The Balaban J connectivity index is 1.91. The van der Waals surface area contributed by atoms with Crippen LogP contribution >= 0.6 is 11.6 Å². The molecule has 1 unspecified atom stereocenters. The van der Waals surface area contributed by atoms with E-state index in [-0.39, 0.29) is 0 Å². The smallest absolute Gasteiger partial charge is 0.113 e. The molecule has 1 saturated heterocycles. The third-order valence-corrected chi connectivity index (χ3v) is 3.44. The van der Waals surface area contributed by atoms with Crippen LogP contribution in [0.1, 0.15) is 12.2 Å². The zero-order chi connectivity index (χ0) is 11.0. The summed E-state index contributed by atoms with van der Waals surface area (Å²) in [5.74, 6) is 1.86. The maximum absolute atomic E-state index is 5.95. The van der Waals surface area contributed by atoms with Gasteiger partial charge >= 0.3 is 0 Å². The predicted octanol–water partition coefficient (Wildman–Crippen LogP) is 2.14. The molecule has 4 heteroatoms. The molecule has 0 amide bonds. The summed E-state index contributed by atoms with van der Waals surface area (Å²) in [6.07, 6.45) is 6.19.